The molecule has 0 saturated heterocycles. The fraction of sp³-hybridized carbons (Fsp3) is 0.400. The third-order valence-electron chi connectivity index (χ3n) is 3.21. The van der Waals surface area contributed by atoms with Gasteiger partial charge in [0.05, 0.1) is 5.69 Å². The predicted octanol–water partition coefficient (Wildman–Crippen LogP) is 3.66. The van der Waals surface area contributed by atoms with Crippen molar-refractivity contribution in [2.75, 3.05) is 4.90 Å². The summed E-state index contributed by atoms with van der Waals surface area (Å²) in [5.74, 6) is 0. The second-order valence-electron chi connectivity index (χ2n) is 5.89. The van der Waals surface area contributed by atoms with Gasteiger partial charge in [0.25, 0.3) is 0 Å². The zero-order valence-corrected chi connectivity index (χ0v) is 12.1. The summed E-state index contributed by atoms with van der Waals surface area (Å²) >= 11 is 0. The molecular formula is C15H19NO4. The number of carbonyl (C=O) groups excluding carboxylic acids is 1. The zero-order chi connectivity index (χ0) is 15.1. The van der Waals surface area contributed by atoms with Gasteiger partial charge in [0.2, 0.25) is 5.72 Å². The molecule has 1 atom stereocenters. The van der Waals surface area contributed by atoms with E-state index in [0.717, 1.165) is 5.56 Å². The Bertz CT molecular complexity index is 561. The highest BCUT2D eigenvalue weighted by Gasteiger charge is 2.49. The van der Waals surface area contributed by atoms with E-state index in [1.807, 2.05) is 12.1 Å². The molecule has 0 saturated carbocycles. The van der Waals surface area contributed by atoms with Crippen LogP contribution >= 0.6 is 0 Å². The number of anilines is 1. The van der Waals surface area contributed by atoms with E-state index in [0.29, 0.717) is 11.3 Å². The number of para-hydroxylation sites is 1. The van der Waals surface area contributed by atoms with Gasteiger partial charge >= 0.3 is 6.09 Å². The second kappa shape index (κ2) is 4.61. The van der Waals surface area contributed by atoms with Crippen molar-refractivity contribution >= 4 is 17.4 Å². The number of carbonyl (C=O) groups is 1. The lowest BCUT2D eigenvalue weighted by Crippen LogP contribution is -2.50. The molecule has 1 unspecified atom stereocenters. The van der Waals surface area contributed by atoms with E-state index >= 15 is 0 Å². The molecule has 0 fully saturated rings. The largest absolute Gasteiger partial charge is 0.443 e. The fourth-order valence-electron chi connectivity index (χ4n) is 2.21. The Morgan fingerprint density at radius 3 is 2.50 bits per heavy atom. The molecule has 20 heavy (non-hydrogen) atoms. The summed E-state index contributed by atoms with van der Waals surface area (Å²) in [6.45, 7) is 10.8. The Kier molecular flexibility index (Phi) is 3.36. The molecular weight excluding hydrogens is 258 g/mol. The average molecular weight is 277 g/mol. The number of hydrogen-bond donors (Lipinski definition) is 1. The van der Waals surface area contributed by atoms with Crippen molar-refractivity contribution in [1.82, 2.24) is 0 Å². The number of fused-ring (bicyclic) bond motifs is 1. The van der Waals surface area contributed by atoms with Crippen LogP contribution in [0.15, 0.2) is 30.8 Å². The SMILES string of the molecule is C=C1c2ccccc2N(C(=O)OC(C)(C)C)C1(C)OO. The van der Waals surface area contributed by atoms with Crippen molar-refractivity contribution in [3.05, 3.63) is 36.4 Å². The quantitative estimate of drug-likeness (QED) is 0.628. The van der Waals surface area contributed by atoms with Crippen LogP contribution in [0.2, 0.25) is 0 Å². The minimum atomic E-state index is -1.37. The third-order valence-corrected chi connectivity index (χ3v) is 3.21. The number of rotatable bonds is 1. The van der Waals surface area contributed by atoms with E-state index in [-0.39, 0.29) is 0 Å². The standard InChI is InChI=1S/C15H19NO4/c1-10-11-8-6-7-9-12(11)16(15(10,5)20-18)13(17)19-14(2,3)4/h6-9,18H,1H2,2-5H3. The van der Waals surface area contributed by atoms with Gasteiger partial charge in [-0.1, -0.05) is 24.8 Å². The Morgan fingerprint density at radius 1 is 1.35 bits per heavy atom. The van der Waals surface area contributed by atoms with Crippen molar-refractivity contribution in [2.24, 2.45) is 0 Å². The molecule has 1 N–H and O–H groups in total. The lowest BCUT2D eigenvalue weighted by molar-refractivity contribution is -0.295. The summed E-state index contributed by atoms with van der Waals surface area (Å²) in [5, 5.41) is 9.28. The van der Waals surface area contributed by atoms with E-state index in [1.165, 1.54) is 4.90 Å². The van der Waals surface area contributed by atoms with Crippen LogP contribution in [0.3, 0.4) is 0 Å². The Labute approximate surface area is 118 Å². The van der Waals surface area contributed by atoms with Gasteiger partial charge in [-0.15, -0.1) is 0 Å². The van der Waals surface area contributed by atoms with Crippen LogP contribution in [-0.4, -0.2) is 22.7 Å². The highest BCUT2D eigenvalue weighted by molar-refractivity contribution is 6.02. The van der Waals surface area contributed by atoms with Crippen LogP contribution in [0.1, 0.15) is 33.3 Å². The maximum absolute atomic E-state index is 12.4. The van der Waals surface area contributed by atoms with Gasteiger partial charge in [0.15, 0.2) is 0 Å². The molecule has 0 aromatic heterocycles. The van der Waals surface area contributed by atoms with Crippen molar-refractivity contribution in [2.45, 2.75) is 39.0 Å². The zero-order valence-electron chi connectivity index (χ0n) is 12.1. The van der Waals surface area contributed by atoms with Gasteiger partial charge < -0.3 is 4.74 Å². The maximum Gasteiger partial charge on any atom is 0.417 e. The van der Waals surface area contributed by atoms with Gasteiger partial charge in [-0.05, 0) is 33.8 Å². The van der Waals surface area contributed by atoms with Crippen molar-refractivity contribution < 1.29 is 19.7 Å². The smallest absolute Gasteiger partial charge is 0.417 e. The second-order valence-corrected chi connectivity index (χ2v) is 5.89. The van der Waals surface area contributed by atoms with Gasteiger partial charge in [0, 0.05) is 11.1 Å². The molecule has 1 aliphatic rings. The van der Waals surface area contributed by atoms with E-state index < -0.39 is 17.4 Å². The van der Waals surface area contributed by atoms with Crippen molar-refractivity contribution in [3.8, 4) is 0 Å². The minimum absolute atomic E-state index is 0.501. The van der Waals surface area contributed by atoms with Crippen LogP contribution in [0.4, 0.5) is 10.5 Å². The normalized spacial score (nSPS) is 21.9. The fourth-order valence-corrected chi connectivity index (χ4v) is 2.21. The molecule has 0 bridgehead atoms. The van der Waals surface area contributed by atoms with Crippen LogP contribution in [-0.2, 0) is 9.62 Å². The van der Waals surface area contributed by atoms with Crippen molar-refractivity contribution in [1.29, 1.82) is 0 Å². The van der Waals surface area contributed by atoms with E-state index in [4.69, 9.17) is 4.74 Å². The topological polar surface area (TPSA) is 59.0 Å². The molecule has 0 spiro atoms. The highest BCUT2D eigenvalue weighted by Crippen LogP contribution is 2.46. The number of benzene rings is 1. The molecule has 2 rings (SSSR count). The molecule has 0 radical (unpaired) electrons. The Balaban J connectivity index is 2.49. The predicted molar refractivity (Wildman–Crippen MR) is 76.3 cm³/mol. The number of ether oxygens (including phenoxy) is 1. The molecule has 1 amide bonds. The van der Waals surface area contributed by atoms with Gasteiger partial charge in [-0.2, -0.15) is 0 Å². The van der Waals surface area contributed by atoms with E-state index in [2.05, 4.69) is 11.5 Å². The Hall–Kier alpha value is -1.85. The monoisotopic (exact) mass is 277 g/mol. The number of nitrogens with zero attached hydrogens (tertiary/aromatic N) is 1. The van der Waals surface area contributed by atoms with Crippen LogP contribution in [0, 0.1) is 0 Å². The first-order chi connectivity index (χ1) is 9.20. The molecule has 108 valence electrons. The van der Waals surface area contributed by atoms with Crippen LogP contribution < -0.4 is 4.90 Å². The molecule has 0 aliphatic carbocycles. The summed E-state index contributed by atoms with van der Waals surface area (Å²) in [4.78, 5) is 18.3. The molecule has 1 aliphatic heterocycles. The van der Waals surface area contributed by atoms with E-state index in [1.54, 1.807) is 39.8 Å². The molecule has 5 nitrogen and oxygen atoms in total. The van der Waals surface area contributed by atoms with Crippen molar-refractivity contribution in [3.63, 3.8) is 0 Å². The van der Waals surface area contributed by atoms with Gasteiger partial charge in [-0.25, -0.2) is 19.8 Å². The summed E-state index contributed by atoms with van der Waals surface area (Å²) in [5.41, 5.74) is -0.169. The highest BCUT2D eigenvalue weighted by atomic mass is 17.1. The summed E-state index contributed by atoms with van der Waals surface area (Å²) in [6.07, 6.45) is -0.597. The maximum atomic E-state index is 12.4. The minimum Gasteiger partial charge on any atom is -0.443 e. The Morgan fingerprint density at radius 2 is 1.95 bits per heavy atom. The lowest BCUT2D eigenvalue weighted by atomic mass is 10.0. The lowest BCUT2D eigenvalue weighted by Gasteiger charge is -2.34. The van der Waals surface area contributed by atoms with Crippen LogP contribution in [0.5, 0.6) is 0 Å². The summed E-state index contributed by atoms with van der Waals surface area (Å²) in [7, 11) is 0. The van der Waals surface area contributed by atoms with Gasteiger partial charge in [-0.3, -0.25) is 0 Å². The summed E-state index contributed by atoms with van der Waals surface area (Å²) < 4.78 is 5.38. The van der Waals surface area contributed by atoms with Gasteiger partial charge in [0.1, 0.15) is 5.60 Å². The number of amides is 1. The molecule has 5 heteroatoms. The average Bonchev–Trinajstić information content (AvgIpc) is 2.58. The first kappa shape index (κ1) is 14.6. The molecule has 1 aromatic carbocycles. The third kappa shape index (κ3) is 2.19. The molecule has 1 heterocycles. The van der Waals surface area contributed by atoms with Crippen LogP contribution in [0.25, 0.3) is 5.57 Å². The first-order valence-corrected chi connectivity index (χ1v) is 6.35. The molecule has 1 aromatic rings. The number of hydrogen-bond acceptors (Lipinski definition) is 4. The summed E-state index contributed by atoms with van der Waals surface area (Å²) in [6, 6.07) is 7.21. The van der Waals surface area contributed by atoms with E-state index in [9.17, 15) is 10.1 Å². The first-order valence-electron chi connectivity index (χ1n) is 6.35.